The van der Waals surface area contributed by atoms with Gasteiger partial charge in [0.15, 0.2) is 0 Å². The first-order valence-electron chi connectivity index (χ1n) is 27.1. The van der Waals surface area contributed by atoms with Gasteiger partial charge in [-0.1, -0.05) is 72.3 Å². The summed E-state index contributed by atoms with van der Waals surface area (Å²) in [5.41, 5.74) is -13.5. The molecule has 9 aromatic carbocycles. The number of nitrogens with zero attached hydrogens (tertiary/aromatic N) is 4. The fourth-order valence-electron chi connectivity index (χ4n) is 11.7. The monoisotopic (exact) mass is 1300 g/mol. The smallest absolute Gasteiger partial charge is 0.307 e. The summed E-state index contributed by atoms with van der Waals surface area (Å²) in [7, 11) is 0. The van der Waals surface area contributed by atoms with Gasteiger partial charge in [0.2, 0.25) is 0 Å². The van der Waals surface area contributed by atoms with E-state index in [2.05, 4.69) is 0 Å². The Morgan fingerprint density at radius 1 is 0.312 bits per heavy atom. The van der Waals surface area contributed by atoms with E-state index in [0.717, 1.165) is 30.3 Å². The second-order valence-electron chi connectivity index (χ2n) is 21.7. The van der Waals surface area contributed by atoms with E-state index in [4.69, 9.17) is 4.98 Å². The van der Waals surface area contributed by atoms with Gasteiger partial charge in [-0.15, -0.1) is 0 Å². The highest BCUT2D eigenvalue weighted by molar-refractivity contribution is 6.14. The van der Waals surface area contributed by atoms with E-state index in [1.54, 1.807) is 0 Å². The second kappa shape index (κ2) is 21.7. The van der Waals surface area contributed by atoms with Crippen molar-refractivity contribution in [2.24, 2.45) is 0 Å². The molecule has 0 fully saturated rings. The Balaban J connectivity index is 1.14. The number of aryl methyl sites for hydroxylation is 1. The van der Waals surface area contributed by atoms with Crippen LogP contribution in [0.2, 0.25) is 0 Å². The average Bonchev–Trinajstić information content (AvgIpc) is 1.59. The van der Waals surface area contributed by atoms with Gasteiger partial charge < -0.3 is 4.57 Å². The number of hydrogen-bond donors (Lipinski definition) is 0. The van der Waals surface area contributed by atoms with E-state index in [9.17, 15) is 97.5 Å². The SMILES string of the molecule is Cc1ccc(-c2ccc3c(c2)c2cc(-c4ccc(C(F)(F)F)cc4C(F)(F)F)ccc2n3-c2cnc(-n3c4ccc(-c5ccc(C(F)(F)F)cc5C(F)(F)F)cc4c4cc(-c5ccc(C(F)(F)F)cc5C(F)(F)F)ccc43)cc2-c2ccc(C#N)cc2)c(C(F)(F)F)c1. The Labute approximate surface area is 509 Å². The lowest BCUT2D eigenvalue weighted by atomic mass is 9.94. The van der Waals surface area contributed by atoms with Gasteiger partial charge in [0.1, 0.15) is 5.82 Å². The molecule has 0 saturated heterocycles. The number of rotatable bonds is 7. The van der Waals surface area contributed by atoms with Crippen LogP contribution in [0.25, 0.3) is 111 Å². The van der Waals surface area contributed by atoms with E-state index in [1.807, 2.05) is 6.07 Å². The number of aromatic nitrogens is 3. The predicted octanol–water partition coefficient (Wildman–Crippen LogP) is 22.9. The van der Waals surface area contributed by atoms with Gasteiger partial charge in [-0.3, -0.25) is 4.57 Å². The summed E-state index contributed by atoms with van der Waals surface area (Å²) < 4.78 is 305. The van der Waals surface area contributed by atoms with E-state index in [1.165, 1.54) is 113 Å². The molecule has 0 aliphatic rings. The third-order valence-electron chi connectivity index (χ3n) is 15.9. The van der Waals surface area contributed by atoms with Gasteiger partial charge in [-0.05, 0) is 166 Å². The van der Waals surface area contributed by atoms with E-state index in [0.29, 0.717) is 36.4 Å². The fourth-order valence-corrected chi connectivity index (χ4v) is 11.7. The van der Waals surface area contributed by atoms with Gasteiger partial charge in [0.05, 0.1) is 84.5 Å². The molecule has 12 rings (SSSR count). The molecule has 3 aromatic heterocycles. The number of hydrogen-bond acceptors (Lipinski definition) is 2. The van der Waals surface area contributed by atoms with Crippen LogP contribution in [0.1, 0.15) is 50.1 Å². The molecule has 4 nitrogen and oxygen atoms in total. The van der Waals surface area contributed by atoms with Gasteiger partial charge in [0, 0.05) is 27.1 Å². The van der Waals surface area contributed by atoms with E-state index >= 15 is 0 Å². The number of pyridine rings is 1. The van der Waals surface area contributed by atoms with Crippen molar-refractivity contribution in [2.45, 2.75) is 50.2 Å². The van der Waals surface area contributed by atoms with Crippen LogP contribution < -0.4 is 0 Å². The number of benzene rings is 9. The van der Waals surface area contributed by atoms with Crippen LogP contribution in [0.5, 0.6) is 0 Å². The molecule has 0 aliphatic carbocycles. The van der Waals surface area contributed by atoms with Crippen LogP contribution in [-0.4, -0.2) is 14.1 Å². The van der Waals surface area contributed by atoms with Crippen molar-refractivity contribution in [3.8, 4) is 73.2 Å². The molecule has 3 heterocycles. The van der Waals surface area contributed by atoms with Crippen molar-refractivity contribution in [2.75, 3.05) is 0 Å². The van der Waals surface area contributed by atoms with Crippen molar-refractivity contribution in [1.82, 2.24) is 14.1 Å². The predicted molar refractivity (Wildman–Crippen MR) is 305 cm³/mol. The number of fused-ring (bicyclic) bond motifs is 6. The van der Waals surface area contributed by atoms with Gasteiger partial charge in [0.25, 0.3) is 0 Å². The number of alkyl halides is 21. The highest BCUT2D eigenvalue weighted by atomic mass is 19.4. The number of halogens is 21. The summed E-state index contributed by atoms with van der Waals surface area (Å²) in [6, 6.07) is 30.2. The Morgan fingerprint density at radius 2 is 0.624 bits per heavy atom. The lowest BCUT2D eigenvalue weighted by Crippen LogP contribution is -2.12. The second-order valence-corrected chi connectivity index (χ2v) is 21.7. The Bertz CT molecular complexity index is 4930. The zero-order valence-corrected chi connectivity index (χ0v) is 46.5. The summed E-state index contributed by atoms with van der Waals surface area (Å²) in [6.45, 7) is 1.43. The molecule has 0 atom stereocenters. The zero-order chi connectivity index (χ0) is 67.0. The third-order valence-corrected chi connectivity index (χ3v) is 15.9. The maximum Gasteiger partial charge on any atom is 0.417 e. The number of nitriles is 1. The maximum absolute atomic E-state index is 14.8. The normalized spacial score (nSPS) is 13.0. The maximum atomic E-state index is 14.8. The first kappa shape index (κ1) is 62.9. The van der Waals surface area contributed by atoms with Crippen molar-refractivity contribution in [1.29, 1.82) is 5.26 Å². The van der Waals surface area contributed by atoms with Crippen molar-refractivity contribution < 1.29 is 92.2 Å². The lowest BCUT2D eigenvalue weighted by molar-refractivity contribution is -0.144. The van der Waals surface area contributed by atoms with Crippen LogP contribution in [0.15, 0.2) is 182 Å². The standard InChI is InChI=1S/C68H33F21N4/c1-33-2-14-43(52(22-33)65(78,79)80)36-7-18-56-48(23-36)49-24-37(44-15-11-40(62(69,70)71)27-53(44)66(81,82)83)8-19-57(49)92(56)60-32-91-61(30-47(60)35-5-3-34(31-90)4-6-35)93-58-20-9-38(45-16-12-41(63(72,73)74)28-54(45)67(84,85)86)25-50(58)51-26-39(10-21-59(51)93)46-17-13-42(64(75,76)77)29-55(46)68(87,88)89/h2-30,32H,1H3. The third kappa shape index (κ3) is 11.5. The molecule has 472 valence electrons. The zero-order valence-electron chi connectivity index (χ0n) is 46.5. The van der Waals surface area contributed by atoms with E-state index < -0.39 is 98.9 Å². The lowest BCUT2D eigenvalue weighted by Gasteiger charge is -2.18. The quantitative estimate of drug-likeness (QED) is 0.149. The first-order valence-corrected chi connectivity index (χ1v) is 27.1. The van der Waals surface area contributed by atoms with Crippen LogP contribution in [0.3, 0.4) is 0 Å². The van der Waals surface area contributed by atoms with Gasteiger partial charge >= 0.3 is 43.2 Å². The molecule has 0 amide bonds. The van der Waals surface area contributed by atoms with Crippen LogP contribution in [-0.2, 0) is 43.2 Å². The molecule has 0 N–H and O–H groups in total. The minimum Gasteiger partial charge on any atom is -0.307 e. The molecular formula is C68H33F21N4. The van der Waals surface area contributed by atoms with Gasteiger partial charge in [-0.25, -0.2) is 4.98 Å². The van der Waals surface area contributed by atoms with Gasteiger partial charge in [-0.2, -0.15) is 97.5 Å². The van der Waals surface area contributed by atoms with Crippen molar-refractivity contribution in [3.63, 3.8) is 0 Å². The fraction of sp³-hybridized carbons (Fsp3) is 0.118. The highest BCUT2D eigenvalue weighted by Crippen LogP contribution is 2.49. The minimum absolute atomic E-state index is 0.0219. The molecule has 12 aromatic rings. The Hall–Kier alpha value is -10.3. The molecular weight excluding hydrogens is 1270 g/mol. The van der Waals surface area contributed by atoms with Crippen LogP contribution >= 0.6 is 0 Å². The molecule has 25 heteroatoms. The molecule has 0 bridgehead atoms. The summed E-state index contributed by atoms with van der Waals surface area (Å²) in [5.74, 6) is -0.0963. The molecule has 0 spiro atoms. The topological polar surface area (TPSA) is 46.5 Å². The molecule has 93 heavy (non-hydrogen) atoms. The van der Waals surface area contributed by atoms with Crippen LogP contribution in [0.4, 0.5) is 92.2 Å². The average molecular weight is 1300 g/mol. The molecule has 0 saturated carbocycles. The Morgan fingerprint density at radius 3 is 0.946 bits per heavy atom. The summed E-state index contributed by atoms with van der Waals surface area (Å²) in [6.07, 6.45) is -35.5. The summed E-state index contributed by atoms with van der Waals surface area (Å²) in [5, 5.41) is 9.82. The largest absolute Gasteiger partial charge is 0.417 e. The molecule has 0 unspecified atom stereocenters. The molecule has 0 radical (unpaired) electrons. The Kier molecular flexibility index (Phi) is 14.7. The van der Waals surface area contributed by atoms with Crippen LogP contribution in [0, 0.1) is 18.3 Å². The first-order chi connectivity index (χ1) is 43.4. The van der Waals surface area contributed by atoms with E-state index in [-0.39, 0.29) is 123 Å². The summed E-state index contributed by atoms with van der Waals surface area (Å²) >= 11 is 0. The summed E-state index contributed by atoms with van der Waals surface area (Å²) in [4.78, 5) is 4.81. The van der Waals surface area contributed by atoms with Crippen molar-refractivity contribution >= 4 is 43.6 Å². The highest BCUT2D eigenvalue weighted by Gasteiger charge is 2.42. The minimum atomic E-state index is -5.40. The molecule has 0 aliphatic heterocycles. The van der Waals surface area contributed by atoms with Crippen molar-refractivity contribution in [3.05, 3.63) is 232 Å².